The Morgan fingerprint density at radius 3 is 2.29 bits per heavy atom. The Kier molecular flexibility index (Phi) is 5.75. The number of hydrogen-bond donors (Lipinski definition) is 0. The molecule has 1 amide bonds. The van der Waals surface area contributed by atoms with Crippen molar-refractivity contribution in [2.75, 3.05) is 4.90 Å². The van der Waals surface area contributed by atoms with Crippen molar-refractivity contribution in [2.24, 2.45) is 0 Å². The first-order valence-electron chi connectivity index (χ1n) is 10.00. The summed E-state index contributed by atoms with van der Waals surface area (Å²) in [5.41, 5.74) is 4.23. The third-order valence-electron chi connectivity index (χ3n) is 5.47. The third-order valence-corrected chi connectivity index (χ3v) is 8.93. The first-order valence-corrected chi connectivity index (χ1v) is 12.0. The van der Waals surface area contributed by atoms with Gasteiger partial charge in [-0.05, 0) is 45.4 Å². The first kappa shape index (κ1) is 22.1. The largest absolute Gasteiger partial charge is 0.302 e. The van der Waals surface area contributed by atoms with E-state index in [4.69, 9.17) is 12.2 Å². The van der Waals surface area contributed by atoms with Gasteiger partial charge >= 0.3 is 0 Å². The van der Waals surface area contributed by atoms with Crippen LogP contribution in [-0.4, -0.2) is 22.1 Å². The molecule has 158 valence electrons. The lowest BCUT2D eigenvalue weighted by Crippen LogP contribution is -2.55. The molecule has 6 heteroatoms. The topological polar surface area (TPSA) is 37.4 Å². The Labute approximate surface area is 197 Å². The second kappa shape index (κ2) is 8.08. The van der Waals surface area contributed by atoms with Crippen LogP contribution in [0.5, 0.6) is 0 Å². The van der Waals surface area contributed by atoms with Crippen LogP contribution in [0.1, 0.15) is 44.4 Å². The Morgan fingerprint density at radius 1 is 1.00 bits per heavy atom. The zero-order valence-electron chi connectivity index (χ0n) is 18.1. The molecule has 4 rings (SSSR count). The van der Waals surface area contributed by atoms with Crippen molar-refractivity contribution in [2.45, 2.75) is 40.2 Å². The number of anilines is 1. The Bertz CT molecular complexity index is 1190. The molecule has 2 aromatic carbocycles. The van der Waals surface area contributed by atoms with Crippen LogP contribution in [0, 0.1) is 6.92 Å². The molecule has 0 saturated carbocycles. The molecule has 0 atom stereocenters. The van der Waals surface area contributed by atoms with Gasteiger partial charge in [0.25, 0.3) is 0 Å². The van der Waals surface area contributed by atoms with Crippen molar-refractivity contribution in [3.05, 3.63) is 74.4 Å². The summed E-state index contributed by atoms with van der Waals surface area (Å²) in [5.74, 6) is 0.00326. The number of benzene rings is 2. The van der Waals surface area contributed by atoms with Crippen molar-refractivity contribution >= 4 is 68.5 Å². The second-order valence-electron chi connectivity index (χ2n) is 8.21. The standard InChI is InChI=1S/C25H23NO2S3/c1-14-11-12-19-18(13-14)20(23(29)25(4,5)26(19)16(3)28)24-30-21(15(2)27)22(31-24)17-9-7-6-8-10-17/h6-13H,1-5H3/b24-20+. The fraction of sp³-hybridized carbons (Fsp3) is 0.240. The highest BCUT2D eigenvalue weighted by Crippen LogP contribution is 2.58. The highest BCUT2D eigenvalue weighted by molar-refractivity contribution is 8.32. The molecule has 0 spiro atoms. The van der Waals surface area contributed by atoms with Gasteiger partial charge in [-0.3, -0.25) is 9.59 Å². The summed E-state index contributed by atoms with van der Waals surface area (Å²) in [7, 11) is 0. The molecule has 0 N–H and O–H groups in total. The lowest BCUT2D eigenvalue weighted by atomic mass is 9.83. The highest BCUT2D eigenvalue weighted by atomic mass is 32.2. The number of thiocarbonyl (C=S) groups is 1. The van der Waals surface area contributed by atoms with Crippen LogP contribution >= 0.6 is 35.7 Å². The summed E-state index contributed by atoms with van der Waals surface area (Å²) in [6.45, 7) is 9.20. The van der Waals surface area contributed by atoms with E-state index < -0.39 is 5.54 Å². The van der Waals surface area contributed by atoms with Gasteiger partial charge in [-0.1, -0.05) is 77.7 Å². The maximum Gasteiger partial charge on any atom is 0.224 e. The normalized spacial score (nSPS) is 20.2. The van der Waals surface area contributed by atoms with Crippen molar-refractivity contribution in [1.82, 2.24) is 0 Å². The highest BCUT2D eigenvalue weighted by Gasteiger charge is 2.44. The second-order valence-corrected chi connectivity index (χ2v) is 10.9. The number of rotatable bonds is 2. The number of aryl methyl sites for hydroxylation is 1. The summed E-state index contributed by atoms with van der Waals surface area (Å²) < 4.78 is 0.997. The van der Waals surface area contributed by atoms with Gasteiger partial charge in [0.15, 0.2) is 5.78 Å². The van der Waals surface area contributed by atoms with Crippen molar-refractivity contribution < 1.29 is 9.59 Å². The van der Waals surface area contributed by atoms with E-state index in [-0.39, 0.29) is 11.7 Å². The maximum atomic E-state index is 12.6. The van der Waals surface area contributed by atoms with Gasteiger partial charge in [0, 0.05) is 23.0 Å². The van der Waals surface area contributed by atoms with Crippen molar-refractivity contribution in [3.63, 3.8) is 0 Å². The van der Waals surface area contributed by atoms with Crippen molar-refractivity contribution in [1.29, 1.82) is 0 Å². The molecule has 2 heterocycles. The summed E-state index contributed by atoms with van der Waals surface area (Å²) in [6.07, 6.45) is 0. The predicted octanol–water partition coefficient (Wildman–Crippen LogP) is 6.62. The minimum absolute atomic E-state index is 0.0410. The molecule has 2 aromatic rings. The number of amides is 1. The van der Waals surface area contributed by atoms with Crippen LogP contribution in [0.3, 0.4) is 0 Å². The van der Waals surface area contributed by atoms with E-state index in [0.29, 0.717) is 4.86 Å². The molecule has 0 aromatic heterocycles. The van der Waals surface area contributed by atoms with Gasteiger partial charge in [-0.25, -0.2) is 0 Å². The number of ketones is 1. The average Bonchev–Trinajstić information content (AvgIpc) is 3.15. The molecule has 2 aliphatic heterocycles. The molecule has 0 aliphatic carbocycles. The van der Waals surface area contributed by atoms with E-state index in [1.54, 1.807) is 30.5 Å². The van der Waals surface area contributed by atoms with Crippen LogP contribution < -0.4 is 4.90 Å². The summed E-state index contributed by atoms with van der Waals surface area (Å²) >= 11 is 9.09. The number of Topliss-reactive ketones (excluding diaryl/α,β-unsaturated/α-hetero) is 1. The molecule has 0 unspecified atom stereocenters. The minimum atomic E-state index is -0.654. The number of allylic oxidation sites excluding steroid dienone is 1. The Balaban J connectivity index is 1.94. The quantitative estimate of drug-likeness (QED) is 0.368. The molecule has 2 aliphatic rings. The lowest BCUT2D eigenvalue weighted by molar-refractivity contribution is -0.117. The van der Waals surface area contributed by atoms with Gasteiger partial charge in [-0.15, -0.1) is 0 Å². The van der Waals surface area contributed by atoms with E-state index in [0.717, 1.165) is 42.0 Å². The number of carbonyl (C=O) groups excluding carboxylic acids is 2. The fourth-order valence-corrected chi connectivity index (χ4v) is 7.25. The predicted molar refractivity (Wildman–Crippen MR) is 137 cm³/mol. The monoisotopic (exact) mass is 465 g/mol. The lowest BCUT2D eigenvalue weighted by Gasteiger charge is -2.45. The first-order chi connectivity index (χ1) is 14.6. The van der Waals surface area contributed by atoms with Gasteiger partial charge in [-0.2, -0.15) is 0 Å². The Hall–Kier alpha value is -2.15. The van der Waals surface area contributed by atoms with Gasteiger partial charge in [0.1, 0.15) is 0 Å². The van der Waals surface area contributed by atoms with Gasteiger partial charge in [0.2, 0.25) is 5.91 Å². The number of hydrogen-bond acceptors (Lipinski definition) is 5. The number of nitrogens with zero attached hydrogens (tertiary/aromatic N) is 1. The van der Waals surface area contributed by atoms with Crippen LogP contribution in [0.4, 0.5) is 5.69 Å². The summed E-state index contributed by atoms with van der Waals surface area (Å²) in [4.78, 5) is 29.3. The molecule has 0 bridgehead atoms. The molecule has 0 fully saturated rings. The smallest absolute Gasteiger partial charge is 0.224 e. The molecular weight excluding hydrogens is 442 g/mol. The van der Waals surface area contributed by atoms with Crippen LogP contribution in [0.15, 0.2) is 57.7 Å². The van der Waals surface area contributed by atoms with E-state index in [9.17, 15) is 9.59 Å². The SMILES string of the molecule is CC(=O)C1=C(c2ccccc2)S/C(=C2/C(=S)C(C)(C)N(C(C)=O)c3ccc(C)cc32)S1. The van der Waals surface area contributed by atoms with Crippen LogP contribution in [0.2, 0.25) is 0 Å². The Morgan fingerprint density at radius 2 is 1.68 bits per heavy atom. The van der Waals surface area contributed by atoms with E-state index in [1.165, 1.54) is 11.8 Å². The maximum absolute atomic E-state index is 12.6. The molecular formula is C25H23NO2S3. The summed E-state index contributed by atoms with van der Waals surface area (Å²) in [5, 5.41) is 0. The average molecular weight is 466 g/mol. The minimum Gasteiger partial charge on any atom is -0.302 e. The zero-order chi connectivity index (χ0) is 22.5. The van der Waals surface area contributed by atoms with Crippen molar-refractivity contribution in [3.8, 4) is 0 Å². The zero-order valence-corrected chi connectivity index (χ0v) is 20.6. The fourth-order valence-electron chi connectivity index (χ4n) is 4.05. The third kappa shape index (κ3) is 3.71. The van der Waals surface area contributed by atoms with E-state index >= 15 is 0 Å². The molecule has 0 saturated heterocycles. The molecule has 3 nitrogen and oxygen atoms in total. The van der Waals surface area contributed by atoms with Crippen LogP contribution in [0.25, 0.3) is 10.5 Å². The van der Waals surface area contributed by atoms with Crippen LogP contribution in [-0.2, 0) is 9.59 Å². The summed E-state index contributed by atoms with van der Waals surface area (Å²) in [6, 6.07) is 16.1. The number of thioether (sulfide) groups is 2. The van der Waals surface area contributed by atoms with E-state index in [1.807, 2.05) is 63.2 Å². The molecule has 0 radical (unpaired) electrons. The molecule has 31 heavy (non-hydrogen) atoms. The van der Waals surface area contributed by atoms with Gasteiger partial charge in [0.05, 0.1) is 25.2 Å². The van der Waals surface area contributed by atoms with E-state index in [2.05, 4.69) is 6.07 Å². The van der Waals surface area contributed by atoms with Gasteiger partial charge < -0.3 is 4.90 Å². The number of fused-ring (bicyclic) bond motifs is 1. The number of carbonyl (C=O) groups is 2.